The summed E-state index contributed by atoms with van der Waals surface area (Å²) in [7, 11) is 0. The second kappa shape index (κ2) is 8.41. The van der Waals surface area contributed by atoms with Crippen molar-refractivity contribution in [2.75, 3.05) is 37.7 Å². The van der Waals surface area contributed by atoms with Gasteiger partial charge in [-0.3, -0.25) is 4.79 Å². The summed E-state index contributed by atoms with van der Waals surface area (Å²) in [5.74, 6) is -0.733. The molecule has 1 saturated heterocycles. The molecule has 0 aliphatic carbocycles. The minimum Gasteiger partial charge on any atom is -0.452 e. The molecule has 3 rings (SSSR count). The lowest BCUT2D eigenvalue weighted by molar-refractivity contribution is -0.134. The third-order valence-electron chi connectivity index (χ3n) is 4.77. The summed E-state index contributed by atoms with van der Waals surface area (Å²) < 4.78 is 24.3. The van der Waals surface area contributed by atoms with Crippen LogP contribution in [0.2, 0.25) is 0 Å². The van der Waals surface area contributed by atoms with Gasteiger partial charge >= 0.3 is 5.97 Å². The fourth-order valence-electron chi connectivity index (χ4n) is 3.23. The Morgan fingerprint density at radius 1 is 1.21 bits per heavy atom. The highest BCUT2D eigenvalue weighted by atomic mass is 19.1. The molecule has 0 saturated carbocycles. The second-order valence-electron chi connectivity index (χ2n) is 7.06. The number of halogens is 1. The Hall–Kier alpha value is -2.90. The number of aryl methyl sites for hydroxylation is 1. The molecule has 1 aliphatic rings. The lowest BCUT2D eigenvalue weighted by atomic mass is 10.1. The van der Waals surface area contributed by atoms with Crippen molar-refractivity contribution < 1.29 is 23.2 Å². The van der Waals surface area contributed by atoms with E-state index in [1.807, 2.05) is 18.7 Å². The van der Waals surface area contributed by atoms with Crippen LogP contribution in [0.1, 0.15) is 41.6 Å². The Labute approximate surface area is 163 Å². The second-order valence-corrected chi connectivity index (χ2v) is 7.06. The van der Waals surface area contributed by atoms with Crippen LogP contribution in [-0.2, 0) is 9.53 Å². The molecular weight excluding hydrogens is 365 g/mol. The fourth-order valence-corrected chi connectivity index (χ4v) is 3.23. The number of amides is 1. The van der Waals surface area contributed by atoms with Crippen LogP contribution in [0.15, 0.2) is 28.8 Å². The maximum atomic E-state index is 13.9. The normalized spacial score (nSPS) is 14.5. The van der Waals surface area contributed by atoms with Gasteiger partial charge in [0.05, 0.1) is 11.4 Å². The van der Waals surface area contributed by atoms with Gasteiger partial charge in [-0.05, 0) is 19.1 Å². The first kappa shape index (κ1) is 19.9. The van der Waals surface area contributed by atoms with Crippen molar-refractivity contribution in [2.24, 2.45) is 0 Å². The van der Waals surface area contributed by atoms with Gasteiger partial charge in [0.25, 0.3) is 5.91 Å². The number of para-hydroxylation sites is 1. The topological polar surface area (TPSA) is 75.9 Å². The summed E-state index contributed by atoms with van der Waals surface area (Å²) in [5.41, 5.74) is 1.26. The lowest BCUT2D eigenvalue weighted by Gasteiger charge is -2.36. The molecule has 2 heterocycles. The van der Waals surface area contributed by atoms with Crippen LogP contribution in [-0.4, -0.2) is 54.7 Å². The molecule has 1 aliphatic heterocycles. The van der Waals surface area contributed by atoms with E-state index < -0.39 is 5.97 Å². The zero-order chi connectivity index (χ0) is 20.3. The molecule has 7 nitrogen and oxygen atoms in total. The number of nitrogens with zero attached hydrogens (tertiary/aromatic N) is 3. The molecule has 1 aromatic carbocycles. The van der Waals surface area contributed by atoms with Crippen LogP contribution in [0.5, 0.6) is 0 Å². The summed E-state index contributed by atoms with van der Waals surface area (Å²) in [6.07, 6.45) is 0. The summed E-state index contributed by atoms with van der Waals surface area (Å²) >= 11 is 0. The van der Waals surface area contributed by atoms with Crippen LogP contribution in [0.25, 0.3) is 0 Å². The first-order valence-corrected chi connectivity index (χ1v) is 9.29. The number of carbonyl (C=O) groups excluding carboxylic acids is 2. The molecule has 0 bridgehead atoms. The van der Waals surface area contributed by atoms with E-state index >= 15 is 0 Å². The minimum atomic E-state index is -0.610. The molecule has 0 spiro atoms. The van der Waals surface area contributed by atoms with Crippen molar-refractivity contribution in [2.45, 2.75) is 26.7 Å². The smallest absolute Gasteiger partial charge is 0.344 e. The molecule has 1 fully saturated rings. The molecule has 150 valence electrons. The highest BCUT2D eigenvalue weighted by molar-refractivity contribution is 5.93. The number of piperazine rings is 1. The lowest BCUT2D eigenvalue weighted by Crippen LogP contribution is -2.50. The standard InChI is InChI=1S/C20H24FN3O4/c1-13(2)19-18(14(3)22-28-19)20(26)27-12-17(25)24-10-8-23(9-11-24)16-7-5-4-6-15(16)21/h4-7,13H,8-12H2,1-3H3. The van der Waals surface area contributed by atoms with Crippen LogP contribution in [0.3, 0.4) is 0 Å². The number of hydrogen-bond acceptors (Lipinski definition) is 6. The van der Waals surface area contributed by atoms with E-state index in [0.717, 1.165) is 0 Å². The maximum absolute atomic E-state index is 13.9. The quantitative estimate of drug-likeness (QED) is 0.732. The Balaban J connectivity index is 1.53. The van der Waals surface area contributed by atoms with Crippen LogP contribution < -0.4 is 4.90 Å². The van der Waals surface area contributed by atoms with Gasteiger partial charge in [-0.1, -0.05) is 31.1 Å². The van der Waals surface area contributed by atoms with Crippen molar-refractivity contribution in [3.63, 3.8) is 0 Å². The van der Waals surface area contributed by atoms with Crippen LogP contribution >= 0.6 is 0 Å². The van der Waals surface area contributed by atoms with Crippen molar-refractivity contribution >= 4 is 17.6 Å². The number of esters is 1. The van der Waals surface area contributed by atoms with E-state index in [1.54, 1.807) is 30.0 Å². The van der Waals surface area contributed by atoms with Gasteiger partial charge in [-0.15, -0.1) is 0 Å². The molecule has 2 aromatic rings. The highest BCUT2D eigenvalue weighted by Crippen LogP contribution is 2.23. The average molecular weight is 389 g/mol. The number of hydrogen-bond donors (Lipinski definition) is 0. The number of ether oxygens (including phenoxy) is 1. The molecule has 28 heavy (non-hydrogen) atoms. The number of carbonyl (C=O) groups is 2. The largest absolute Gasteiger partial charge is 0.452 e. The fraction of sp³-hybridized carbons (Fsp3) is 0.450. The first-order valence-electron chi connectivity index (χ1n) is 9.29. The Bertz CT molecular complexity index is 857. The van der Waals surface area contributed by atoms with E-state index in [0.29, 0.717) is 43.3 Å². The summed E-state index contributed by atoms with van der Waals surface area (Å²) in [4.78, 5) is 28.3. The van der Waals surface area contributed by atoms with E-state index in [2.05, 4.69) is 5.16 Å². The van der Waals surface area contributed by atoms with Crippen molar-refractivity contribution in [1.82, 2.24) is 10.1 Å². The van der Waals surface area contributed by atoms with Gasteiger partial charge in [0, 0.05) is 32.1 Å². The predicted octanol–water partition coefficient (Wildman–Crippen LogP) is 2.75. The van der Waals surface area contributed by atoms with Crippen molar-refractivity contribution in [1.29, 1.82) is 0 Å². The van der Waals surface area contributed by atoms with E-state index in [4.69, 9.17) is 9.26 Å². The van der Waals surface area contributed by atoms with Gasteiger partial charge in [-0.25, -0.2) is 9.18 Å². The van der Waals surface area contributed by atoms with Crippen LogP contribution in [0.4, 0.5) is 10.1 Å². The van der Waals surface area contributed by atoms with E-state index in [-0.39, 0.29) is 29.8 Å². The Morgan fingerprint density at radius 3 is 2.54 bits per heavy atom. The monoisotopic (exact) mass is 389 g/mol. The SMILES string of the molecule is Cc1noc(C(C)C)c1C(=O)OCC(=O)N1CCN(c2ccccc2F)CC1. The third-order valence-corrected chi connectivity index (χ3v) is 4.77. The third kappa shape index (κ3) is 4.16. The highest BCUT2D eigenvalue weighted by Gasteiger charge is 2.27. The molecule has 0 radical (unpaired) electrons. The molecule has 0 atom stereocenters. The van der Waals surface area contributed by atoms with Gasteiger partial charge < -0.3 is 19.1 Å². The molecule has 1 amide bonds. The van der Waals surface area contributed by atoms with Gasteiger partial charge in [0.2, 0.25) is 0 Å². The van der Waals surface area contributed by atoms with Gasteiger partial charge in [0.15, 0.2) is 12.4 Å². The van der Waals surface area contributed by atoms with Crippen molar-refractivity contribution in [3.8, 4) is 0 Å². The molecular formula is C20H24FN3O4. The zero-order valence-corrected chi connectivity index (χ0v) is 16.3. The minimum absolute atomic E-state index is 0.0223. The van der Waals surface area contributed by atoms with E-state index in [9.17, 15) is 14.0 Å². The number of anilines is 1. The first-order chi connectivity index (χ1) is 13.4. The summed E-state index contributed by atoms with van der Waals surface area (Å²) in [6, 6.07) is 6.58. The maximum Gasteiger partial charge on any atom is 0.344 e. The average Bonchev–Trinajstić information content (AvgIpc) is 3.08. The molecule has 0 N–H and O–H groups in total. The number of rotatable bonds is 5. The molecule has 1 aromatic heterocycles. The van der Waals surface area contributed by atoms with Crippen molar-refractivity contribution in [3.05, 3.63) is 47.1 Å². The molecule has 8 heteroatoms. The van der Waals surface area contributed by atoms with Gasteiger partial charge in [-0.2, -0.15) is 0 Å². The van der Waals surface area contributed by atoms with E-state index in [1.165, 1.54) is 6.07 Å². The Kier molecular flexibility index (Phi) is 5.96. The number of aromatic nitrogens is 1. The van der Waals surface area contributed by atoms with Gasteiger partial charge in [0.1, 0.15) is 11.4 Å². The zero-order valence-electron chi connectivity index (χ0n) is 16.3. The Morgan fingerprint density at radius 2 is 1.89 bits per heavy atom. The number of benzene rings is 1. The summed E-state index contributed by atoms with van der Waals surface area (Å²) in [5, 5.41) is 3.81. The predicted molar refractivity (Wildman–Crippen MR) is 101 cm³/mol. The summed E-state index contributed by atoms with van der Waals surface area (Å²) in [6.45, 7) is 7.00. The molecule has 0 unspecified atom stereocenters. The van der Waals surface area contributed by atoms with Crippen LogP contribution in [0, 0.1) is 12.7 Å².